The van der Waals surface area contributed by atoms with Crippen molar-refractivity contribution in [2.45, 2.75) is 39.2 Å². The zero-order valence-electron chi connectivity index (χ0n) is 10.3. The highest BCUT2D eigenvalue weighted by Gasteiger charge is 2.24. The molecule has 0 aromatic carbocycles. The van der Waals surface area contributed by atoms with Crippen LogP contribution in [0, 0.1) is 11.8 Å². The third kappa shape index (κ3) is 3.02. The Bertz CT molecular complexity index is 389. The van der Waals surface area contributed by atoms with Crippen LogP contribution in [0.2, 0.25) is 0 Å². The van der Waals surface area contributed by atoms with E-state index in [1.54, 1.807) is 6.07 Å². The molecule has 1 aliphatic carbocycles. The van der Waals surface area contributed by atoms with Crippen molar-refractivity contribution in [1.82, 2.24) is 0 Å². The summed E-state index contributed by atoms with van der Waals surface area (Å²) in [6, 6.07) is 3.56. The van der Waals surface area contributed by atoms with Crippen LogP contribution in [0.15, 0.2) is 16.5 Å². The van der Waals surface area contributed by atoms with Gasteiger partial charge in [0.1, 0.15) is 0 Å². The van der Waals surface area contributed by atoms with E-state index in [9.17, 15) is 4.79 Å². The standard InChI is InChI=1S/C13H19NO3/c1-8-5-9(2)7-10(6-8)14-12-4-3-11(17-12)13(15)16/h3-4,8-10,14H,5-7H2,1-2H3,(H,15,16). The second kappa shape index (κ2) is 4.82. The largest absolute Gasteiger partial charge is 0.475 e. The predicted octanol–water partition coefficient (Wildman–Crippen LogP) is 3.21. The Morgan fingerprint density at radius 2 is 1.94 bits per heavy atom. The Morgan fingerprint density at radius 1 is 1.29 bits per heavy atom. The van der Waals surface area contributed by atoms with Gasteiger partial charge in [0.2, 0.25) is 5.76 Å². The first-order chi connectivity index (χ1) is 8.04. The predicted molar refractivity (Wildman–Crippen MR) is 65.3 cm³/mol. The summed E-state index contributed by atoms with van der Waals surface area (Å²) in [6.07, 6.45) is 3.51. The monoisotopic (exact) mass is 237 g/mol. The molecule has 0 radical (unpaired) electrons. The molecule has 0 saturated heterocycles. The average Bonchev–Trinajstić information content (AvgIpc) is 2.64. The normalized spacial score (nSPS) is 28.9. The lowest BCUT2D eigenvalue weighted by Crippen LogP contribution is -2.30. The molecule has 94 valence electrons. The lowest BCUT2D eigenvalue weighted by molar-refractivity contribution is 0.0663. The van der Waals surface area contributed by atoms with Crippen molar-refractivity contribution >= 4 is 11.9 Å². The van der Waals surface area contributed by atoms with Crippen LogP contribution in [-0.2, 0) is 0 Å². The van der Waals surface area contributed by atoms with Gasteiger partial charge in [-0.05, 0) is 37.2 Å². The number of hydrogen-bond acceptors (Lipinski definition) is 3. The number of anilines is 1. The van der Waals surface area contributed by atoms with E-state index in [0.29, 0.717) is 23.8 Å². The summed E-state index contributed by atoms with van der Waals surface area (Å²) in [5.74, 6) is 0.955. The zero-order chi connectivity index (χ0) is 12.4. The Morgan fingerprint density at radius 3 is 2.47 bits per heavy atom. The van der Waals surface area contributed by atoms with Gasteiger partial charge in [-0.1, -0.05) is 13.8 Å². The van der Waals surface area contributed by atoms with Gasteiger partial charge < -0.3 is 14.8 Å². The van der Waals surface area contributed by atoms with E-state index in [0.717, 1.165) is 12.8 Å². The molecule has 1 aromatic heterocycles. The van der Waals surface area contributed by atoms with Crippen LogP contribution >= 0.6 is 0 Å². The molecule has 0 spiro atoms. The number of carbonyl (C=O) groups is 1. The summed E-state index contributed by atoms with van der Waals surface area (Å²) in [4.78, 5) is 10.7. The Kier molecular flexibility index (Phi) is 3.41. The third-order valence-corrected chi connectivity index (χ3v) is 3.34. The van der Waals surface area contributed by atoms with Crippen LogP contribution < -0.4 is 5.32 Å². The first-order valence-corrected chi connectivity index (χ1v) is 6.14. The fourth-order valence-corrected chi connectivity index (χ4v) is 2.80. The molecule has 1 aliphatic rings. The smallest absolute Gasteiger partial charge is 0.371 e. The first-order valence-electron chi connectivity index (χ1n) is 6.14. The van der Waals surface area contributed by atoms with E-state index < -0.39 is 5.97 Å². The maximum atomic E-state index is 10.7. The molecule has 0 bridgehead atoms. The highest BCUT2D eigenvalue weighted by Crippen LogP contribution is 2.30. The summed E-state index contributed by atoms with van der Waals surface area (Å²) in [7, 11) is 0. The van der Waals surface area contributed by atoms with Crippen molar-refractivity contribution in [3.63, 3.8) is 0 Å². The SMILES string of the molecule is CC1CC(C)CC(Nc2ccc(C(=O)O)o2)C1. The lowest BCUT2D eigenvalue weighted by Gasteiger charge is -2.31. The Balaban J connectivity index is 1.97. The van der Waals surface area contributed by atoms with Crippen molar-refractivity contribution in [2.24, 2.45) is 11.8 Å². The van der Waals surface area contributed by atoms with Crippen LogP contribution in [0.4, 0.5) is 5.88 Å². The Labute approximate surface area is 101 Å². The van der Waals surface area contributed by atoms with Gasteiger partial charge in [-0.15, -0.1) is 0 Å². The molecule has 1 aromatic rings. The van der Waals surface area contributed by atoms with Gasteiger partial charge in [0, 0.05) is 12.1 Å². The number of aromatic carboxylic acids is 1. The quantitative estimate of drug-likeness (QED) is 0.847. The van der Waals surface area contributed by atoms with Crippen LogP contribution in [0.1, 0.15) is 43.7 Å². The van der Waals surface area contributed by atoms with E-state index in [2.05, 4.69) is 19.2 Å². The van der Waals surface area contributed by atoms with Gasteiger partial charge in [-0.25, -0.2) is 4.79 Å². The first kappa shape index (κ1) is 12.0. The number of furan rings is 1. The minimum atomic E-state index is -1.02. The van der Waals surface area contributed by atoms with Crippen molar-refractivity contribution < 1.29 is 14.3 Å². The van der Waals surface area contributed by atoms with Crippen molar-refractivity contribution in [1.29, 1.82) is 0 Å². The maximum absolute atomic E-state index is 10.7. The van der Waals surface area contributed by atoms with Gasteiger partial charge in [-0.2, -0.15) is 0 Å². The molecule has 2 atom stereocenters. The molecule has 0 aliphatic heterocycles. The molecule has 17 heavy (non-hydrogen) atoms. The van der Waals surface area contributed by atoms with Crippen LogP contribution in [0.5, 0.6) is 0 Å². The highest BCUT2D eigenvalue weighted by molar-refractivity contribution is 5.84. The minimum absolute atomic E-state index is 0.00981. The van der Waals surface area contributed by atoms with E-state index >= 15 is 0 Å². The van der Waals surface area contributed by atoms with Crippen molar-refractivity contribution in [3.05, 3.63) is 17.9 Å². The summed E-state index contributed by atoms with van der Waals surface area (Å²) in [6.45, 7) is 4.52. The molecule has 1 saturated carbocycles. The molecule has 2 unspecified atom stereocenters. The van der Waals surface area contributed by atoms with E-state index in [-0.39, 0.29) is 5.76 Å². The highest BCUT2D eigenvalue weighted by atomic mass is 16.4. The molecule has 4 nitrogen and oxygen atoms in total. The van der Waals surface area contributed by atoms with E-state index in [1.807, 2.05) is 0 Å². The summed E-state index contributed by atoms with van der Waals surface area (Å²) < 4.78 is 5.21. The summed E-state index contributed by atoms with van der Waals surface area (Å²) in [5, 5.41) is 12.1. The Hall–Kier alpha value is -1.45. The van der Waals surface area contributed by atoms with Gasteiger partial charge in [0.15, 0.2) is 5.88 Å². The number of nitrogens with one attached hydrogen (secondary N) is 1. The number of carboxylic acids is 1. The van der Waals surface area contributed by atoms with E-state index in [1.165, 1.54) is 12.5 Å². The van der Waals surface area contributed by atoms with Crippen molar-refractivity contribution in [2.75, 3.05) is 5.32 Å². The maximum Gasteiger partial charge on any atom is 0.371 e. The molecule has 1 heterocycles. The van der Waals surface area contributed by atoms with Gasteiger partial charge in [0.25, 0.3) is 0 Å². The second-order valence-corrected chi connectivity index (χ2v) is 5.23. The number of hydrogen-bond donors (Lipinski definition) is 2. The summed E-state index contributed by atoms with van der Waals surface area (Å²) >= 11 is 0. The number of carboxylic acid groups (broad SMARTS) is 1. The van der Waals surface area contributed by atoms with Crippen LogP contribution in [0.3, 0.4) is 0 Å². The zero-order valence-corrected chi connectivity index (χ0v) is 10.3. The van der Waals surface area contributed by atoms with Crippen LogP contribution in [0.25, 0.3) is 0 Å². The second-order valence-electron chi connectivity index (χ2n) is 5.23. The lowest BCUT2D eigenvalue weighted by atomic mass is 9.80. The van der Waals surface area contributed by atoms with Crippen molar-refractivity contribution in [3.8, 4) is 0 Å². The molecule has 2 N–H and O–H groups in total. The fraction of sp³-hybridized carbons (Fsp3) is 0.615. The fourth-order valence-electron chi connectivity index (χ4n) is 2.80. The molecular formula is C13H19NO3. The summed E-state index contributed by atoms with van der Waals surface area (Å²) in [5.41, 5.74) is 0. The molecule has 2 rings (SSSR count). The van der Waals surface area contributed by atoms with Gasteiger partial charge in [0.05, 0.1) is 0 Å². The molecular weight excluding hydrogens is 218 g/mol. The molecule has 4 heteroatoms. The molecule has 1 fully saturated rings. The molecule has 0 amide bonds. The van der Waals surface area contributed by atoms with Gasteiger partial charge in [-0.3, -0.25) is 0 Å². The van der Waals surface area contributed by atoms with E-state index in [4.69, 9.17) is 9.52 Å². The third-order valence-electron chi connectivity index (χ3n) is 3.34. The minimum Gasteiger partial charge on any atom is -0.475 e. The average molecular weight is 237 g/mol. The topological polar surface area (TPSA) is 62.5 Å². The van der Waals surface area contributed by atoms with Crippen LogP contribution in [-0.4, -0.2) is 17.1 Å². The van der Waals surface area contributed by atoms with Gasteiger partial charge >= 0.3 is 5.97 Å². The number of rotatable bonds is 3.